The lowest BCUT2D eigenvalue weighted by molar-refractivity contribution is 0.193. The molecular formula is C22H33N3O3S. The number of carbonyl (C=O) groups excluding carboxylic acids is 1. The number of anilines is 1. The van der Waals surface area contributed by atoms with E-state index in [1.165, 1.54) is 22.3 Å². The molecule has 29 heavy (non-hydrogen) atoms. The van der Waals surface area contributed by atoms with Gasteiger partial charge in [0.15, 0.2) is 0 Å². The third-order valence-corrected chi connectivity index (χ3v) is 8.55. The second-order valence-electron chi connectivity index (χ2n) is 9.13. The zero-order valence-corrected chi connectivity index (χ0v) is 18.4. The Morgan fingerprint density at radius 3 is 2.28 bits per heavy atom. The van der Waals surface area contributed by atoms with E-state index in [2.05, 4.69) is 27.9 Å². The van der Waals surface area contributed by atoms with Crippen LogP contribution in [-0.2, 0) is 35.7 Å². The summed E-state index contributed by atoms with van der Waals surface area (Å²) in [5.41, 5.74) is 5.91. The average molecular weight is 420 g/mol. The maximum Gasteiger partial charge on any atom is 0.332 e. The number of fused-ring (bicyclic) bond motifs is 2. The summed E-state index contributed by atoms with van der Waals surface area (Å²) >= 11 is 0. The fourth-order valence-corrected chi connectivity index (χ4v) is 5.96. The number of amides is 2. The zero-order chi connectivity index (χ0) is 20.6. The van der Waals surface area contributed by atoms with Crippen molar-refractivity contribution in [2.45, 2.75) is 70.5 Å². The lowest BCUT2D eigenvalue weighted by atomic mass is 9.99. The van der Waals surface area contributed by atoms with E-state index in [1.807, 2.05) is 0 Å². The second kappa shape index (κ2) is 8.26. The lowest BCUT2D eigenvalue weighted by Crippen LogP contribution is -2.46. The second-order valence-corrected chi connectivity index (χ2v) is 11.2. The molecule has 0 bridgehead atoms. The van der Waals surface area contributed by atoms with Crippen LogP contribution in [0.5, 0.6) is 0 Å². The van der Waals surface area contributed by atoms with Crippen molar-refractivity contribution in [2.24, 2.45) is 5.92 Å². The highest BCUT2D eigenvalue weighted by atomic mass is 32.2. The number of benzene rings is 1. The third-order valence-electron chi connectivity index (χ3n) is 6.87. The smallest absolute Gasteiger partial charge is 0.307 e. The van der Waals surface area contributed by atoms with Gasteiger partial charge in [0.1, 0.15) is 0 Å². The first-order valence-corrected chi connectivity index (χ1v) is 12.6. The molecule has 0 radical (unpaired) electrons. The van der Waals surface area contributed by atoms with Crippen LogP contribution in [0.25, 0.3) is 0 Å². The van der Waals surface area contributed by atoms with E-state index >= 15 is 0 Å². The van der Waals surface area contributed by atoms with Gasteiger partial charge in [-0.05, 0) is 99.6 Å². The first-order chi connectivity index (χ1) is 13.8. The van der Waals surface area contributed by atoms with Gasteiger partial charge in [-0.3, -0.25) is 0 Å². The van der Waals surface area contributed by atoms with Crippen molar-refractivity contribution in [3.05, 3.63) is 28.3 Å². The van der Waals surface area contributed by atoms with Crippen molar-refractivity contribution < 1.29 is 13.2 Å². The Morgan fingerprint density at radius 2 is 1.69 bits per heavy atom. The van der Waals surface area contributed by atoms with Gasteiger partial charge in [0.25, 0.3) is 0 Å². The molecule has 0 saturated carbocycles. The van der Waals surface area contributed by atoms with Crippen LogP contribution in [0.4, 0.5) is 10.5 Å². The van der Waals surface area contributed by atoms with Crippen molar-refractivity contribution in [3.63, 3.8) is 0 Å². The first kappa shape index (κ1) is 20.7. The highest BCUT2D eigenvalue weighted by molar-refractivity contribution is 7.90. The Kier molecular flexibility index (Phi) is 5.89. The summed E-state index contributed by atoms with van der Waals surface area (Å²) < 4.78 is 27.8. The number of likely N-dealkylation sites (tertiary alicyclic amines) is 1. The molecule has 1 saturated heterocycles. The Balaban J connectivity index is 1.42. The molecule has 2 amide bonds. The summed E-state index contributed by atoms with van der Waals surface area (Å²) in [4.78, 5) is 14.8. The molecular weight excluding hydrogens is 386 g/mol. The predicted octanol–water partition coefficient (Wildman–Crippen LogP) is 3.24. The number of hydrogen-bond acceptors (Lipinski definition) is 4. The molecule has 3 aliphatic rings. The lowest BCUT2D eigenvalue weighted by Gasteiger charge is -2.31. The van der Waals surface area contributed by atoms with Crippen LogP contribution in [0.1, 0.15) is 61.8 Å². The molecule has 1 aliphatic heterocycles. The van der Waals surface area contributed by atoms with E-state index in [1.54, 1.807) is 6.92 Å². The molecule has 6 nitrogen and oxygen atoms in total. The number of hydrogen-bond donors (Lipinski definition) is 2. The van der Waals surface area contributed by atoms with Crippen LogP contribution >= 0.6 is 0 Å². The van der Waals surface area contributed by atoms with Crippen molar-refractivity contribution in [3.8, 4) is 0 Å². The number of urea groups is 1. The highest BCUT2D eigenvalue weighted by Gasteiger charge is 2.29. The van der Waals surface area contributed by atoms with Gasteiger partial charge in [-0.25, -0.2) is 17.9 Å². The molecule has 1 unspecified atom stereocenters. The number of rotatable bonds is 5. The van der Waals surface area contributed by atoms with Crippen LogP contribution in [0, 0.1) is 5.92 Å². The van der Waals surface area contributed by atoms with Gasteiger partial charge in [-0.2, -0.15) is 0 Å². The molecule has 160 valence electrons. The van der Waals surface area contributed by atoms with E-state index in [0.29, 0.717) is 12.5 Å². The van der Waals surface area contributed by atoms with Crippen molar-refractivity contribution in [1.82, 2.24) is 9.62 Å². The number of nitrogens with zero attached hydrogens (tertiary/aromatic N) is 1. The highest BCUT2D eigenvalue weighted by Crippen LogP contribution is 2.38. The quantitative estimate of drug-likeness (QED) is 0.768. The fourth-order valence-electron chi connectivity index (χ4n) is 5.04. The molecule has 4 rings (SSSR count). The molecule has 0 spiro atoms. The van der Waals surface area contributed by atoms with Crippen molar-refractivity contribution >= 4 is 21.7 Å². The number of piperidine rings is 1. The van der Waals surface area contributed by atoms with Gasteiger partial charge in [0, 0.05) is 12.2 Å². The van der Waals surface area contributed by atoms with Crippen LogP contribution in [0.3, 0.4) is 0 Å². The minimum absolute atomic E-state index is 0.464. The molecule has 1 fully saturated rings. The minimum Gasteiger partial charge on any atom is -0.307 e. The summed E-state index contributed by atoms with van der Waals surface area (Å²) in [5.74, 6) is 0.705. The monoisotopic (exact) mass is 419 g/mol. The third kappa shape index (κ3) is 4.45. The molecule has 1 atom stereocenters. The van der Waals surface area contributed by atoms with E-state index in [4.69, 9.17) is 0 Å². The first-order valence-electron chi connectivity index (χ1n) is 11.0. The number of nitrogens with one attached hydrogen (secondary N) is 2. The van der Waals surface area contributed by atoms with E-state index in [-0.39, 0.29) is 0 Å². The van der Waals surface area contributed by atoms with Crippen molar-refractivity contribution in [1.29, 1.82) is 0 Å². The average Bonchev–Trinajstić information content (AvgIpc) is 3.32. The van der Waals surface area contributed by atoms with Crippen LogP contribution in [0.15, 0.2) is 6.07 Å². The normalized spacial score (nSPS) is 20.9. The molecule has 1 heterocycles. The number of sulfonamides is 1. The van der Waals surface area contributed by atoms with Gasteiger partial charge < -0.3 is 10.2 Å². The molecule has 1 aromatic rings. The summed E-state index contributed by atoms with van der Waals surface area (Å²) in [6, 6.07) is 1.67. The van der Waals surface area contributed by atoms with Crippen molar-refractivity contribution in [2.75, 3.05) is 25.0 Å². The molecule has 7 heteroatoms. The number of aryl methyl sites for hydroxylation is 2. The maximum absolute atomic E-state index is 12.7. The molecule has 2 N–H and O–H groups in total. The van der Waals surface area contributed by atoms with Crippen LogP contribution in [0.2, 0.25) is 0 Å². The van der Waals surface area contributed by atoms with E-state index in [0.717, 1.165) is 70.1 Å². The van der Waals surface area contributed by atoms with E-state index < -0.39 is 21.3 Å². The fraction of sp³-hybridized carbons (Fsp3) is 0.682. The Morgan fingerprint density at radius 1 is 1.10 bits per heavy atom. The van der Waals surface area contributed by atoms with E-state index in [9.17, 15) is 13.2 Å². The molecule has 2 aliphatic carbocycles. The topological polar surface area (TPSA) is 78.5 Å². The maximum atomic E-state index is 12.7. The summed E-state index contributed by atoms with van der Waals surface area (Å²) in [5, 5.41) is 2.29. The summed E-state index contributed by atoms with van der Waals surface area (Å²) in [7, 11) is -3.72. The van der Waals surface area contributed by atoms with Crippen LogP contribution in [-0.4, -0.2) is 44.2 Å². The minimum atomic E-state index is -3.72. The summed E-state index contributed by atoms with van der Waals surface area (Å²) in [6.07, 6.45) is 8.39. The standard InChI is InChI=1S/C22H33N3O3S/c1-15-9-11-25(12-10-15)14-16(2)29(27,28)24-22(26)23-21-19-7-3-5-17(19)13-18-6-4-8-20(18)21/h13,15-16H,3-12,14H2,1-2H3,(H2,23,24,26). The zero-order valence-electron chi connectivity index (χ0n) is 17.6. The molecule has 0 aromatic heterocycles. The van der Waals surface area contributed by atoms with Gasteiger partial charge >= 0.3 is 6.03 Å². The van der Waals surface area contributed by atoms with Gasteiger partial charge in [-0.15, -0.1) is 0 Å². The SMILES string of the molecule is CC1CCN(CC(C)S(=O)(=O)NC(=O)Nc2c3c(cc4c2CCC4)CCC3)CC1. The molecule has 1 aromatic carbocycles. The number of carbonyl (C=O) groups is 1. The van der Waals surface area contributed by atoms with Crippen LogP contribution < -0.4 is 10.0 Å². The Hall–Kier alpha value is -1.60. The largest absolute Gasteiger partial charge is 0.332 e. The predicted molar refractivity (Wildman–Crippen MR) is 116 cm³/mol. The van der Waals surface area contributed by atoms with Gasteiger partial charge in [-0.1, -0.05) is 13.0 Å². The Labute approximate surface area is 174 Å². The Bertz CT molecular complexity index is 857. The van der Waals surface area contributed by atoms with Gasteiger partial charge in [0.2, 0.25) is 10.0 Å². The summed E-state index contributed by atoms with van der Waals surface area (Å²) in [6.45, 7) is 6.24. The van der Waals surface area contributed by atoms with Gasteiger partial charge in [0.05, 0.1) is 5.25 Å².